The van der Waals surface area contributed by atoms with E-state index in [0.29, 0.717) is 24.3 Å². The number of hydrogen-bond acceptors (Lipinski definition) is 5. The minimum absolute atomic E-state index is 0.149. The average Bonchev–Trinajstić information content (AvgIpc) is 3.45. The summed E-state index contributed by atoms with van der Waals surface area (Å²) in [7, 11) is 0. The standard InChI is InChI=1S/C12H13F3N4O.C9H16FN.2C2H6/c1-7(2)19-4-3-9(18-19)8-5-10(11(16)17-6-8)20-12(13,14)15;1-7-2-3-9(4-7)11-5-8(10)6-11;2*1-2/h3-7H,1-2H3,(H2,16,17);7-9H,2-6H2,1H3;2*1-2H3/t;7-,9?;;/m.1../s1. The number of likely N-dealkylation sites (tertiary alicyclic amines) is 1. The maximum absolute atomic E-state index is 12.5. The molecule has 1 saturated heterocycles. The molecule has 0 amide bonds. The number of nitrogen functional groups attached to an aromatic ring is 1. The molecule has 0 bridgehead atoms. The predicted octanol–water partition coefficient (Wildman–Crippen LogP) is 6.89. The number of alkyl halides is 4. The number of nitrogens with two attached hydrogens (primary N) is 1. The highest BCUT2D eigenvalue weighted by molar-refractivity contribution is 5.63. The van der Waals surface area contributed by atoms with E-state index in [1.54, 1.807) is 16.9 Å². The molecule has 2 N–H and O–H groups in total. The maximum Gasteiger partial charge on any atom is 0.573 e. The molecular weight excluding hydrogens is 462 g/mol. The van der Waals surface area contributed by atoms with Crippen molar-refractivity contribution in [2.45, 2.75) is 92.3 Å². The highest BCUT2D eigenvalue weighted by Crippen LogP contribution is 2.32. The lowest BCUT2D eigenvalue weighted by Gasteiger charge is -2.39. The van der Waals surface area contributed by atoms with Crippen molar-refractivity contribution in [3.63, 3.8) is 0 Å². The number of pyridine rings is 1. The molecule has 2 atom stereocenters. The van der Waals surface area contributed by atoms with Gasteiger partial charge in [-0.2, -0.15) is 5.10 Å². The van der Waals surface area contributed by atoms with Crippen LogP contribution in [0.1, 0.15) is 73.8 Å². The van der Waals surface area contributed by atoms with Crippen LogP contribution >= 0.6 is 0 Å². The Balaban J connectivity index is 0.000000343. The second kappa shape index (κ2) is 14.3. The van der Waals surface area contributed by atoms with Crippen LogP contribution in [0.25, 0.3) is 11.3 Å². The molecule has 6 nitrogen and oxygen atoms in total. The molecule has 2 aliphatic rings. The van der Waals surface area contributed by atoms with Gasteiger partial charge in [-0.25, -0.2) is 9.37 Å². The lowest BCUT2D eigenvalue weighted by Crippen LogP contribution is -2.52. The Morgan fingerprint density at radius 1 is 1.11 bits per heavy atom. The second-order valence-corrected chi connectivity index (χ2v) is 8.55. The van der Waals surface area contributed by atoms with E-state index in [4.69, 9.17) is 5.73 Å². The van der Waals surface area contributed by atoms with E-state index in [9.17, 15) is 17.6 Å². The van der Waals surface area contributed by atoms with Crippen LogP contribution in [-0.4, -0.2) is 51.3 Å². The molecule has 1 aliphatic carbocycles. The van der Waals surface area contributed by atoms with E-state index >= 15 is 0 Å². The van der Waals surface area contributed by atoms with Crippen molar-refractivity contribution >= 4 is 5.82 Å². The summed E-state index contributed by atoms with van der Waals surface area (Å²) < 4.78 is 54.7. The van der Waals surface area contributed by atoms with Crippen molar-refractivity contribution in [1.29, 1.82) is 0 Å². The van der Waals surface area contributed by atoms with Gasteiger partial charge in [0.15, 0.2) is 11.6 Å². The quantitative estimate of drug-likeness (QED) is 0.460. The zero-order valence-electron chi connectivity index (χ0n) is 21.9. The molecule has 0 radical (unpaired) electrons. The zero-order valence-corrected chi connectivity index (χ0v) is 21.9. The molecule has 1 aliphatic heterocycles. The van der Waals surface area contributed by atoms with Gasteiger partial charge in [-0.3, -0.25) is 9.58 Å². The number of ether oxygens (including phenoxy) is 1. The topological polar surface area (TPSA) is 69.2 Å². The molecule has 2 aromatic heterocycles. The van der Waals surface area contributed by atoms with E-state index in [0.717, 1.165) is 12.0 Å². The van der Waals surface area contributed by atoms with E-state index in [1.807, 2.05) is 41.5 Å². The fourth-order valence-electron chi connectivity index (χ4n) is 3.84. The molecule has 2 fully saturated rings. The second-order valence-electron chi connectivity index (χ2n) is 8.55. The smallest absolute Gasteiger partial charge is 0.402 e. The van der Waals surface area contributed by atoms with Crippen molar-refractivity contribution in [2.24, 2.45) is 5.92 Å². The number of nitrogens with zero attached hydrogens (tertiary/aromatic N) is 4. The molecule has 2 aromatic rings. The van der Waals surface area contributed by atoms with Crippen LogP contribution < -0.4 is 10.5 Å². The van der Waals surface area contributed by atoms with Gasteiger partial charge in [0, 0.05) is 43.1 Å². The molecule has 0 aromatic carbocycles. The summed E-state index contributed by atoms with van der Waals surface area (Å²) in [6.45, 7) is 15.6. The number of rotatable bonds is 4. The normalized spacial score (nSPS) is 20.0. The predicted molar refractivity (Wildman–Crippen MR) is 133 cm³/mol. The summed E-state index contributed by atoms with van der Waals surface area (Å²) in [5, 5.41) is 4.25. The lowest BCUT2D eigenvalue weighted by molar-refractivity contribution is -0.274. The molecule has 0 spiro atoms. The van der Waals surface area contributed by atoms with Gasteiger partial charge in [0.1, 0.15) is 6.17 Å². The van der Waals surface area contributed by atoms with Gasteiger partial charge in [0.05, 0.1) is 5.69 Å². The molecule has 1 unspecified atom stereocenters. The van der Waals surface area contributed by atoms with Gasteiger partial charge in [-0.1, -0.05) is 34.6 Å². The number of anilines is 1. The summed E-state index contributed by atoms with van der Waals surface area (Å²) in [5.41, 5.74) is 6.27. The Kier molecular flexibility index (Phi) is 12.5. The summed E-state index contributed by atoms with van der Waals surface area (Å²) in [6, 6.07) is 3.72. The van der Waals surface area contributed by atoms with Crippen molar-refractivity contribution in [1.82, 2.24) is 19.7 Å². The van der Waals surface area contributed by atoms with Gasteiger partial charge in [-0.05, 0) is 51.2 Å². The first kappa shape index (κ1) is 30.7. The van der Waals surface area contributed by atoms with E-state index in [-0.39, 0.29) is 11.9 Å². The third-order valence-corrected chi connectivity index (χ3v) is 5.59. The van der Waals surface area contributed by atoms with Crippen molar-refractivity contribution in [3.8, 4) is 17.0 Å². The molecule has 3 heterocycles. The Morgan fingerprint density at radius 2 is 1.74 bits per heavy atom. The molecule has 10 heteroatoms. The van der Waals surface area contributed by atoms with E-state index in [2.05, 4.69) is 26.6 Å². The summed E-state index contributed by atoms with van der Waals surface area (Å²) in [6.07, 6.45) is 1.70. The minimum atomic E-state index is -4.81. The van der Waals surface area contributed by atoms with Crippen molar-refractivity contribution in [3.05, 3.63) is 24.5 Å². The zero-order chi connectivity index (χ0) is 26.8. The first-order valence-electron chi connectivity index (χ1n) is 12.5. The van der Waals surface area contributed by atoms with Gasteiger partial charge in [0.25, 0.3) is 0 Å². The van der Waals surface area contributed by atoms with Gasteiger partial charge in [-0.15, -0.1) is 13.2 Å². The number of hydrogen-bond donors (Lipinski definition) is 1. The van der Waals surface area contributed by atoms with Crippen LogP contribution in [-0.2, 0) is 0 Å². The Morgan fingerprint density at radius 3 is 2.20 bits per heavy atom. The third kappa shape index (κ3) is 9.66. The summed E-state index contributed by atoms with van der Waals surface area (Å²) >= 11 is 0. The minimum Gasteiger partial charge on any atom is -0.402 e. The average molecular weight is 504 g/mol. The number of aromatic nitrogens is 3. The van der Waals surface area contributed by atoms with Crippen molar-refractivity contribution in [2.75, 3.05) is 18.8 Å². The Hall–Kier alpha value is -2.36. The van der Waals surface area contributed by atoms with Gasteiger partial charge < -0.3 is 10.5 Å². The molecular formula is C25H41F4N5O. The summed E-state index contributed by atoms with van der Waals surface area (Å²) in [4.78, 5) is 6.00. The maximum atomic E-state index is 12.5. The van der Waals surface area contributed by atoms with Crippen LogP contribution in [0.4, 0.5) is 23.4 Å². The van der Waals surface area contributed by atoms with Crippen LogP contribution in [0.2, 0.25) is 0 Å². The SMILES string of the molecule is CC.CC.CC(C)n1ccc(-c2cnc(N)c(OC(F)(F)F)c2)n1.C[C@@H]1CCC(N2CC(F)C2)C1. The van der Waals surface area contributed by atoms with Gasteiger partial charge in [0.2, 0.25) is 0 Å². The van der Waals surface area contributed by atoms with E-state index < -0.39 is 18.3 Å². The van der Waals surface area contributed by atoms with Crippen molar-refractivity contribution < 1.29 is 22.3 Å². The largest absolute Gasteiger partial charge is 0.573 e. The lowest BCUT2D eigenvalue weighted by atomic mass is 10.1. The van der Waals surface area contributed by atoms with Gasteiger partial charge >= 0.3 is 6.36 Å². The highest BCUT2D eigenvalue weighted by atomic mass is 19.4. The van der Waals surface area contributed by atoms with Crippen LogP contribution in [0.15, 0.2) is 24.5 Å². The number of halogens is 4. The van der Waals surface area contributed by atoms with Crippen LogP contribution in [0, 0.1) is 5.92 Å². The fourth-order valence-corrected chi connectivity index (χ4v) is 3.84. The Bertz CT molecular complexity index is 866. The first-order chi connectivity index (χ1) is 16.5. The third-order valence-electron chi connectivity index (χ3n) is 5.59. The molecule has 200 valence electrons. The van der Waals surface area contributed by atoms with E-state index in [1.165, 1.54) is 31.5 Å². The monoisotopic (exact) mass is 503 g/mol. The molecule has 35 heavy (non-hydrogen) atoms. The summed E-state index contributed by atoms with van der Waals surface area (Å²) in [5.74, 6) is 0.0159. The van der Waals surface area contributed by atoms with Crippen LogP contribution in [0.5, 0.6) is 5.75 Å². The fraction of sp³-hybridized carbons (Fsp3) is 0.680. The van der Waals surface area contributed by atoms with Crippen LogP contribution in [0.3, 0.4) is 0 Å². The molecule has 1 saturated carbocycles. The highest BCUT2D eigenvalue weighted by Gasteiger charge is 2.35. The molecule has 4 rings (SSSR count). The Labute approximate surface area is 206 Å². The first-order valence-corrected chi connectivity index (χ1v) is 12.5.